The van der Waals surface area contributed by atoms with E-state index in [-0.39, 0.29) is 6.42 Å². The molecule has 1 fully saturated rings. The third-order valence-electron chi connectivity index (χ3n) is 3.31. The van der Waals surface area contributed by atoms with Crippen LogP contribution in [0.2, 0.25) is 0 Å². The van der Waals surface area contributed by atoms with Crippen molar-refractivity contribution in [1.29, 1.82) is 0 Å². The second-order valence-corrected chi connectivity index (χ2v) is 6.21. The highest BCUT2D eigenvalue weighted by molar-refractivity contribution is 7.46. The predicted molar refractivity (Wildman–Crippen MR) is 77.7 cm³/mol. The van der Waals surface area contributed by atoms with Crippen LogP contribution in [0.1, 0.15) is 18.2 Å². The summed E-state index contributed by atoms with van der Waals surface area (Å²) in [6.45, 7) is 4.54. The van der Waals surface area contributed by atoms with Crippen molar-refractivity contribution >= 4 is 7.82 Å². The third kappa shape index (κ3) is 4.40. The molecule has 10 nitrogen and oxygen atoms in total. The molecule has 0 bridgehead atoms. The van der Waals surface area contributed by atoms with Crippen LogP contribution >= 0.6 is 7.82 Å². The number of hydrogen-bond acceptors (Lipinski definition) is 6. The molecule has 2 heterocycles. The molecule has 1 saturated heterocycles. The van der Waals surface area contributed by atoms with Gasteiger partial charge >= 0.3 is 13.5 Å². The Bertz CT molecular complexity index is 735. The second-order valence-electron chi connectivity index (χ2n) is 4.97. The molecule has 3 atom stereocenters. The zero-order chi connectivity index (χ0) is 17.2. The SMILES string of the molecule is C=COC1C[C@H](n2cc(C)c(=O)[nH]c2=O)O[C@@H]1COP(=O)(O)O. The van der Waals surface area contributed by atoms with Crippen LogP contribution in [0.15, 0.2) is 28.6 Å². The number of aromatic nitrogens is 2. The quantitative estimate of drug-likeness (QED) is 0.473. The molecule has 3 N–H and O–H groups in total. The van der Waals surface area contributed by atoms with E-state index in [1.54, 1.807) is 0 Å². The summed E-state index contributed by atoms with van der Waals surface area (Å²) in [4.78, 5) is 43.0. The summed E-state index contributed by atoms with van der Waals surface area (Å²) in [5, 5.41) is 0. The number of H-pyrrole nitrogens is 1. The number of nitrogens with one attached hydrogen (secondary N) is 1. The van der Waals surface area contributed by atoms with Gasteiger partial charge in [-0.25, -0.2) is 9.36 Å². The molecule has 0 saturated carbocycles. The van der Waals surface area contributed by atoms with Crippen LogP contribution in [0.4, 0.5) is 0 Å². The molecule has 11 heteroatoms. The van der Waals surface area contributed by atoms with E-state index in [0.717, 1.165) is 0 Å². The Hall–Kier alpha value is -1.71. The highest BCUT2D eigenvalue weighted by atomic mass is 31.2. The van der Waals surface area contributed by atoms with Gasteiger partial charge in [-0.05, 0) is 6.92 Å². The van der Waals surface area contributed by atoms with E-state index in [0.29, 0.717) is 5.56 Å². The van der Waals surface area contributed by atoms with Gasteiger partial charge in [0.2, 0.25) is 0 Å². The lowest BCUT2D eigenvalue weighted by Gasteiger charge is -2.18. The van der Waals surface area contributed by atoms with Gasteiger partial charge in [-0.3, -0.25) is 18.9 Å². The van der Waals surface area contributed by atoms with Crippen LogP contribution < -0.4 is 11.2 Å². The van der Waals surface area contributed by atoms with Gasteiger partial charge in [0.1, 0.15) is 18.4 Å². The Morgan fingerprint density at radius 2 is 2.26 bits per heavy atom. The Balaban J connectivity index is 2.21. The van der Waals surface area contributed by atoms with Crippen molar-refractivity contribution in [3.8, 4) is 0 Å². The van der Waals surface area contributed by atoms with E-state index >= 15 is 0 Å². The molecular weight excluding hydrogens is 331 g/mol. The van der Waals surface area contributed by atoms with Gasteiger partial charge in [0.05, 0.1) is 12.9 Å². The smallest absolute Gasteiger partial charge is 0.469 e. The summed E-state index contributed by atoms with van der Waals surface area (Å²) >= 11 is 0. The largest absolute Gasteiger partial charge is 0.496 e. The second kappa shape index (κ2) is 6.81. The molecule has 128 valence electrons. The Morgan fingerprint density at radius 1 is 1.57 bits per heavy atom. The molecule has 1 unspecified atom stereocenters. The molecule has 0 aliphatic carbocycles. The fourth-order valence-electron chi connectivity index (χ4n) is 2.26. The lowest BCUT2D eigenvalue weighted by atomic mass is 10.2. The number of aryl methyl sites for hydroxylation is 1. The molecule has 0 amide bonds. The van der Waals surface area contributed by atoms with Crippen molar-refractivity contribution in [2.75, 3.05) is 6.61 Å². The number of aromatic amines is 1. The first kappa shape index (κ1) is 17.6. The summed E-state index contributed by atoms with van der Waals surface area (Å²) < 4.78 is 27.2. The van der Waals surface area contributed by atoms with Crippen molar-refractivity contribution in [1.82, 2.24) is 9.55 Å². The molecule has 2 rings (SSSR count). The van der Waals surface area contributed by atoms with Gasteiger partial charge in [0.25, 0.3) is 5.56 Å². The first-order chi connectivity index (χ1) is 10.7. The van der Waals surface area contributed by atoms with E-state index in [2.05, 4.69) is 16.1 Å². The molecule has 1 aromatic heterocycles. The van der Waals surface area contributed by atoms with Gasteiger partial charge in [-0.2, -0.15) is 0 Å². The minimum atomic E-state index is -4.66. The van der Waals surface area contributed by atoms with E-state index < -0.39 is 44.1 Å². The zero-order valence-corrected chi connectivity index (χ0v) is 13.1. The fourth-order valence-corrected chi connectivity index (χ4v) is 2.60. The van der Waals surface area contributed by atoms with Crippen LogP contribution in [0.25, 0.3) is 0 Å². The summed E-state index contributed by atoms with van der Waals surface area (Å²) in [6, 6.07) is 0. The van der Waals surface area contributed by atoms with Crippen molar-refractivity contribution in [3.05, 3.63) is 45.4 Å². The maximum Gasteiger partial charge on any atom is 0.469 e. The average Bonchev–Trinajstić information content (AvgIpc) is 2.83. The highest BCUT2D eigenvalue weighted by Crippen LogP contribution is 2.38. The summed E-state index contributed by atoms with van der Waals surface area (Å²) in [5.41, 5.74) is -0.826. The number of nitrogens with zero attached hydrogens (tertiary/aromatic N) is 1. The van der Waals surface area contributed by atoms with E-state index in [1.807, 2.05) is 0 Å². The maximum absolute atomic E-state index is 11.9. The minimum Gasteiger partial charge on any atom is -0.496 e. The van der Waals surface area contributed by atoms with Crippen LogP contribution in [0, 0.1) is 6.92 Å². The van der Waals surface area contributed by atoms with Crippen LogP contribution in [-0.2, 0) is 18.6 Å². The lowest BCUT2D eigenvalue weighted by molar-refractivity contribution is -0.0471. The molecule has 1 aromatic rings. The van der Waals surface area contributed by atoms with Crippen LogP contribution in [0.5, 0.6) is 0 Å². The Morgan fingerprint density at radius 3 is 2.87 bits per heavy atom. The van der Waals surface area contributed by atoms with Crippen LogP contribution in [0.3, 0.4) is 0 Å². The van der Waals surface area contributed by atoms with E-state index in [4.69, 9.17) is 19.3 Å². The molecule has 1 aliphatic rings. The Labute approximate surface area is 130 Å². The standard InChI is InChI=1S/C12H17N2O8P/c1-3-20-8-4-10(22-9(8)6-21-23(17,18)19)14-5-7(2)11(15)13-12(14)16/h3,5,8-10H,1,4,6H2,2H3,(H,13,15,16)(H2,17,18,19)/t8?,9-,10-/m1/s1. The van der Waals surface area contributed by atoms with Crippen molar-refractivity contribution < 1.29 is 28.3 Å². The topological polar surface area (TPSA) is 140 Å². The number of phosphoric acid groups is 1. The van der Waals surface area contributed by atoms with Gasteiger partial charge in [0, 0.05) is 18.2 Å². The van der Waals surface area contributed by atoms with Crippen LogP contribution in [-0.4, -0.2) is 38.2 Å². The highest BCUT2D eigenvalue weighted by Gasteiger charge is 2.39. The van der Waals surface area contributed by atoms with Gasteiger partial charge in [0.15, 0.2) is 0 Å². The number of phosphoric ester groups is 1. The minimum absolute atomic E-state index is 0.215. The molecular formula is C12H17N2O8P. The molecule has 0 spiro atoms. The van der Waals surface area contributed by atoms with Crippen molar-refractivity contribution in [2.45, 2.75) is 31.8 Å². The first-order valence-corrected chi connectivity index (χ1v) is 8.18. The zero-order valence-electron chi connectivity index (χ0n) is 12.2. The van der Waals surface area contributed by atoms with Gasteiger partial charge in [-0.1, -0.05) is 6.58 Å². The maximum atomic E-state index is 11.9. The Kier molecular flexibility index (Phi) is 5.23. The monoisotopic (exact) mass is 348 g/mol. The molecule has 0 aromatic carbocycles. The predicted octanol–water partition coefficient (Wildman–Crippen LogP) is -0.229. The number of rotatable bonds is 6. The fraction of sp³-hybridized carbons (Fsp3) is 0.500. The average molecular weight is 348 g/mol. The van der Waals surface area contributed by atoms with Crippen molar-refractivity contribution in [2.24, 2.45) is 0 Å². The van der Waals surface area contributed by atoms with E-state index in [1.165, 1.54) is 23.9 Å². The number of ether oxygens (including phenoxy) is 2. The molecule has 0 radical (unpaired) electrons. The lowest BCUT2D eigenvalue weighted by Crippen LogP contribution is -2.33. The molecule has 1 aliphatic heterocycles. The normalized spacial score (nSPS) is 24.6. The first-order valence-electron chi connectivity index (χ1n) is 6.65. The molecule has 23 heavy (non-hydrogen) atoms. The van der Waals surface area contributed by atoms with E-state index in [9.17, 15) is 14.2 Å². The van der Waals surface area contributed by atoms with Gasteiger partial charge < -0.3 is 19.3 Å². The third-order valence-corrected chi connectivity index (χ3v) is 3.80. The number of hydrogen-bond donors (Lipinski definition) is 3. The van der Waals surface area contributed by atoms with Crippen molar-refractivity contribution in [3.63, 3.8) is 0 Å². The summed E-state index contributed by atoms with van der Waals surface area (Å²) in [7, 11) is -4.66. The summed E-state index contributed by atoms with van der Waals surface area (Å²) in [6.07, 6.45) is 0.540. The van der Waals surface area contributed by atoms with Gasteiger partial charge in [-0.15, -0.1) is 0 Å². The summed E-state index contributed by atoms with van der Waals surface area (Å²) in [5.74, 6) is 0.